The first kappa shape index (κ1) is 20.8. The van der Waals surface area contributed by atoms with E-state index in [0.29, 0.717) is 28.5 Å². The van der Waals surface area contributed by atoms with Crippen LogP contribution >= 0.6 is 0 Å². The molecule has 0 bridgehead atoms. The maximum atomic E-state index is 12.6. The largest absolute Gasteiger partial charge is 0.382 e. The number of nitrogens with one attached hydrogen (secondary N) is 1. The predicted octanol–water partition coefficient (Wildman–Crippen LogP) is 3.83. The Balaban J connectivity index is 1.32. The van der Waals surface area contributed by atoms with Crippen molar-refractivity contribution in [3.8, 4) is 11.3 Å². The third kappa shape index (κ3) is 3.51. The van der Waals surface area contributed by atoms with Gasteiger partial charge in [-0.2, -0.15) is 0 Å². The average Bonchev–Trinajstić information content (AvgIpc) is 3.41. The summed E-state index contributed by atoms with van der Waals surface area (Å²) in [6.45, 7) is 2.27. The van der Waals surface area contributed by atoms with E-state index in [9.17, 15) is 4.79 Å². The van der Waals surface area contributed by atoms with E-state index < -0.39 is 0 Å². The number of carbonyl (C=O) groups is 1. The fraction of sp³-hybridized carbons (Fsp3) is 0.308. The number of fused-ring (bicyclic) bond motifs is 1. The molecule has 34 heavy (non-hydrogen) atoms. The van der Waals surface area contributed by atoms with Crippen LogP contribution in [0.1, 0.15) is 41.4 Å². The number of nitrogen functional groups attached to an aromatic ring is 1. The highest BCUT2D eigenvalue weighted by atomic mass is 16.1. The first-order valence-electron chi connectivity index (χ1n) is 11.7. The average molecular weight is 454 g/mol. The van der Waals surface area contributed by atoms with E-state index in [2.05, 4.69) is 31.6 Å². The molecule has 8 heteroatoms. The molecule has 2 aliphatic rings. The summed E-state index contributed by atoms with van der Waals surface area (Å²) in [6.07, 6.45) is 8.94. The summed E-state index contributed by atoms with van der Waals surface area (Å²) < 4.78 is 2.12. The molecule has 1 aliphatic heterocycles. The van der Waals surface area contributed by atoms with E-state index in [-0.39, 0.29) is 5.91 Å². The smallest absolute Gasteiger partial charge is 0.256 e. The van der Waals surface area contributed by atoms with Crippen LogP contribution in [0.4, 0.5) is 11.6 Å². The lowest BCUT2D eigenvalue weighted by Gasteiger charge is -2.29. The number of aromatic nitrogens is 4. The molecule has 1 saturated carbocycles. The second kappa shape index (κ2) is 7.92. The van der Waals surface area contributed by atoms with Crippen LogP contribution in [0.5, 0.6) is 0 Å². The van der Waals surface area contributed by atoms with Crippen LogP contribution < -0.4 is 11.1 Å². The number of carbonyl (C=O) groups excluding carboxylic acids is 1. The maximum Gasteiger partial charge on any atom is 0.256 e. The first-order valence-corrected chi connectivity index (χ1v) is 11.7. The van der Waals surface area contributed by atoms with Crippen LogP contribution in [0.2, 0.25) is 0 Å². The van der Waals surface area contributed by atoms with Gasteiger partial charge in [0.05, 0.1) is 0 Å². The Morgan fingerprint density at radius 1 is 1.09 bits per heavy atom. The number of anilines is 2. The van der Waals surface area contributed by atoms with E-state index >= 15 is 0 Å². The number of nitrogens with two attached hydrogens (primary N) is 1. The zero-order chi connectivity index (χ0) is 23.3. The van der Waals surface area contributed by atoms with Crippen molar-refractivity contribution >= 4 is 23.1 Å². The molecule has 1 amide bonds. The highest BCUT2D eigenvalue weighted by Crippen LogP contribution is 2.64. The third-order valence-electron chi connectivity index (χ3n) is 7.42. The van der Waals surface area contributed by atoms with Crippen molar-refractivity contribution in [1.82, 2.24) is 24.3 Å². The summed E-state index contributed by atoms with van der Waals surface area (Å²) in [5.41, 5.74) is 9.80. The molecule has 1 aromatic carbocycles. The standard InChI is InChI=1S/C26H27N7O/c1-32-13-9-26(10-14-32)16-19(26)24-31-21(22-23(27)29-12-15-33(22)24)17-5-7-18(8-6-17)25(34)30-20-4-2-3-11-28-20/h2-8,11-12,15,19H,9-10,13-14,16H2,1H3,(H2,27,29)(H,28,30,34). The summed E-state index contributed by atoms with van der Waals surface area (Å²) in [5, 5.41) is 2.82. The van der Waals surface area contributed by atoms with Gasteiger partial charge in [0.2, 0.25) is 0 Å². The molecule has 3 aromatic heterocycles. The van der Waals surface area contributed by atoms with Gasteiger partial charge in [0, 0.05) is 35.6 Å². The van der Waals surface area contributed by atoms with Gasteiger partial charge in [-0.1, -0.05) is 18.2 Å². The zero-order valence-corrected chi connectivity index (χ0v) is 19.1. The minimum absolute atomic E-state index is 0.205. The Morgan fingerprint density at radius 2 is 1.88 bits per heavy atom. The third-order valence-corrected chi connectivity index (χ3v) is 7.42. The molecule has 1 unspecified atom stereocenters. The summed E-state index contributed by atoms with van der Waals surface area (Å²) in [5.74, 6) is 2.29. The normalized spacial score (nSPS) is 19.4. The van der Waals surface area contributed by atoms with Crippen LogP contribution in [0, 0.1) is 5.41 Å². The number of likely N-dealkylation sites (tertiary alicyclic amines) is 1. The highest BCUT2D eigenvalue weighted by molar-refractivity contribution is 6.04. The van der Waals surface area contributed by atoms with Crippen molar-refractivity contribution in [3.05, 3.63) is 72.4 Å². The topological polar surface area (TPSA) is 101 Å². The van der Waals surface area contributed by atoms with Crippen LogP contribution in [-0.2, 0) is 0 Å². The Kier molecular flexibility index (Phi) is 4.84. The Labute approximate surface area is 197 Å². The van der Waals surface area contributed by atoms with Gasteiger partial charge in [0.15, 0.2) is 0 Å². The van der Waals surface area contributed by atoms with Gasteiger partial charge in [0.1, 0.15) is 28.7 Å². The van der Waals surface area contributed by atoms with Gasteiger partial charge in [-0.05, 0) is 69.1 Å². The van der Waals surface area contributed by atoms with E-state index in [1.807, 2.05) is 30.5 Å². The number of pyridine rings is 1. The van der Waals surface area contributed by atoms with Crippen LogP contribution in [-0.4, -0.2) is 50.3 Å². The second-order valence-electron chi connectivity index (χ2n) is 9.52. The number of amides is 1. The summed E-state index contributed by atoms with van der Waals surface area (Å²) >= 11 is 0. The van der Waals surface area contributed by atoms with Gasteiger partial charge in [-0.25, -0.2) is 15.0 Å². The molecule has 4 heterocycles. The van der Waals surface area contributed by atoms with Crippen LogP contribution in [0.3, 0.4) is 0 Å². The molecular formula is C26H27N7O. The predicted molar refractivity (Wildman–Crippen MR) is 132 cm³/mol. The number of hydrogen-bond acceptors (Lipinski definition) is 6. The van der Waals surface area contributed by atoms with Crippen LogP contribution in [0.15, 0.2) is 61.1 Å². The van der Waals surface area contributed by atoms with Crippen molar-refractivity contribution in [2.45, 2.75) is 25.2 Å². The minimum Gasteiger partial charge on any atom is -0.382 e. The van der Waals surface area contributed by atoms with Crippen molar-refractivity contribution in [2.24, 2.45) is 5.41 Å². The second-order valence-corrected chi connectivity index (χ2v) is 9.52. The van der Waals surface area contributed by atoms with Crippen molar-refractivity contribution in [1.29, 1.82) is 0 Å². The first-order chi connectivity index (χ1) is 16.5. The molecule has 172 valence electrons. The quantitative estimate of drug-likeness (QED) is 0.487. The molecule has 0 radical (unpaired) electrons. The Morgan fingerprint density at radius 3 is 2.62 bits per heavy atom. The van der Waals surface area contributed by atoms with E-state index in [4.69, 9.17) is 10.7 Å². The van der Waals surface area contributed by atoms with Gasteiger partial charge < -0.3 is 16.0 Å². The fourth-order valence-corrected chi connectivity index (χ4v) is 5.27. The number of nitrogens with zero attached hydrogens (tertiary/aromatic N) is 5. The molecule has 4 aromatic rings. The zero-order valence-electron chi connectivity index (χ0n) is 19.1. The summed E-state index contributed by atoms with van der Waals surface area (Å²) in [7, 11) is 2.19. The highest BCUT2D eigenvalue weighted by Gasteiger charge is 2.57. The molecule has 1 aliphatic carbocycles. The number of piperidine rings is 1. The molecule has 6 rings (SSSR count). The van der Waals surface area contributed by atoms with E-state index in [1.165, 1.54) is 19.3 Å². The maximum absolute atomic E-state index is 12.6. The lowest BCUT2D eigenvalue weighted by Crippen LogP contribution is -2.31. The lowest BCUT2D eigenvalue weighted by atomic mass is 9.91. The van der Waals surface area contributed by atoms with E-state index in [0.717, 1.165) is 35.7 Å². The number of rotatable bonds is 4. The molecule has 1 saturated heterocycles. The van der Waals surface area contributed by atoms with E-state index in [1.54, 1.807) is 30.6 Å². The molecule has 1 spiro atoms. The van der Waals surface area contributed by atoms with Crippen molar-refractivity contribution in [3.63, 3.8) is 0 Å². The monoisotopic (exact) mass is 453 g/mol. The van der Waals surface area contributed by atoms with Crippen molar-refractivity contribution < 1.29 is 4.79 Å². The van der Waals surface area contributed by atoms with Gasteiger partial charge in [0.25, 0.3) is 5.91 Å². The lowest BCUT2D eigenvalue weighted by molar-refractivity contribution is 0.102. The van der Waals surface area contributed by atoms with Gasteiger partial charge in [-0.3, -0.25) is 9.20 Å². The SMILES string of the molecule is CN1CCC2(CC1)CC2c1nc(-c2ccc(C(=O)Nc3ccccn3)cc2)c2c(N)nccn12. The molecule has 1 atom stereocenters. The molecule has 2 fully saturated rings. The number of imidazole rings is 1. The Bertz CT molecular complexity index is 1360. The van der Waals surface area contributed by atoms with Crippen molar-refractivity contribution in [2.75, 3.05) is 31.2 Å². The molecular weight excluding hydrogens is 426 g/mol. The minimum atomic E-state index is -0.205. The fourth-order valence-electron chi connectivity index (χ4n) is 5.27. The van der Waals surface area contributed by atoms with Gasteiger partial charge in [-0.15, -0.1) is 0 Å². The Hall–Kier alpha value is -3.78. The molecule has 8 nitrogen and oxygen atoms in total. The number of hydrogen-bond donors (Lipinski definition) is 2. The summed E-state index contributed by atoms with van der Waals surface area (Å²) in [6, 6.07) is 12.9. The summed E-state index contributed by atoms with van der Waals surface area (Å²) in [4.78, 5) is 28.6. The van der Waals surface area contributed by atoms with Gasteiger partial charge >= 0.3 is 0 Å². The molecule has 3 N–H and O–H groups in total. The van der Waals surface area contributed by atoms with Crippen LogP contribution in [0.25, 0.3) is 16.8 Å². The number of benzene rings is 1.